The minimum Gasteiger partial charge on any atom is -0.507 e. The molecule has 1 aromatic heterocycles. The standard InChI is InChI=1S/C23H25F4N3O4/c1-32-17-5-3-2-4-15(17)28-21-19-13(10-34-22(19)6-7-33-11-22)20(29-30-21)18-14(24)8-12(9-16(18)31)23(25,26)27/h8-9,15,17,31H,2-7,10-11H2,1H3,(H,28,30)/t15-,17-,22?/m1/s1. The number of fused-ring (bicyclic) bond motifs is 2. The molecule has 3 heterocycles. The van der Waals surface area contributed by atoms with Crippen molar-refractivity contribution in [3.8, 4) is 17.0 Å². The quantitative estimate of drug-likeness (QED) is 0.619. The van der Waals surface area contributed by atoms with Crippen molar-refractivity contribution in [1.29, 1.82) is 0 Å². The molecule has 3 aliphatic rings. The Morgan fingerprint density at radius 1 is 1.21 bits per heavy atom. The monoisotopic (exact) mass is 483 g/mol. The van der Waals surface area contributed by atoms with E-state index in [0.29, 0.717) is 42.1 Å². The first kappa shape index (κ1) is 23.3. The van der Waals surface area contributed by atoms with Crippen LogP contribution in [0.1, 0.15) is 48.8 Å². The number of nitrogens with one attached hydrogen (secondary N) is 1. The van der Waals surface area contributed by atoms with Gasteiger partial charge in [-0.15, -0.1) is 10.2 Å². The highest BCUT2D eigenvalue weighted by Crippen LogP contribution is 2.49. The summed E-state index contributed by atoms with van der Waals surface area (Å²) < 4.78 is 71.5. The summed E-state index contributed by atoms with van der Waals surface area (Å²) in [6.07, 6.45) is -0.412. The second-order valence-corrected chi connectivity index (χ2v) is 9.00. The average molecular weight is 483 g/mol. The highest BCUT2D eigenvalue weighted by atomic mass is 19.4. The first-order valence-electron chi connectivity index (χ1n) is 11.2. The van der Waals surface area contributed by atoms with Crippen LogP contribution in [0.25, 0.3) is 11.3 Å². The normalized spacial score (nSPS) is 26.7. The summed E-state index contributed by atoms with van der Waals surface area (Å²) in [5.74, 6) is -1.64. The van der Waals surface area contributed by atoms with Crippen LogP contribution in [0.15, 0.2) is 12.1 Å². The fourth-order valence-electron chi connectivity index (χ4n) is 5.25. The van der Waals surface area contributed by atoms with Gasteiger partial charge in [-0.2, -0.15) is 13.2 Å². The van der Waals surface area contributed by atoms with E-state index >= 15 is 0 Å². The molecule has 2 aromatic rings. The maximum Gasteiger partial charge on any atom is 0.416 e. The molecule has 0 bridgehead atoms. The van der Waals surface area contributed by atoms with Crippen molar-refractivity contribution in [2.24, 2.45) is 0 Å². The van der Waals surface area contributed by atoms with Gasteiger partial charge in [-0.05, 0) is 25.0 Å². The van der Waals surface area contributed by atoms with Gasteiger partial charge in [0.25, 0.3) is 0 Å². The molecule has 0 radical (unpaired) electrons. The Kier molecular flexibility index (Phi) is 5.89. The van der Waals surface area contributed by atoms with E-state index in [0.717, 1.165) is 25.7 Å². The van der Waals surface area contributed by atoms with E-state index in [1.807, 2.05) is 0 Å². The number of methoxy groups -OCH3 is 1. The molecule has 2 aliphatic heterocycles. The molecule has 3 atom stereocenters. The molecule has 1 spiro atoms. The third kappa shape index (κ3) is 3.89. The molecule has 1 saturated heterocycles. The van der Waals surface area contributed by atoms with Gasteiger partial charge in [0.1, 0.15) is 22.9 Å². The van der Waals surface area contributed by atoms with Gasteiger partial charge < -0.3 is 24.6 Å². The summed E-state index contributed by atoms with van der Waals surface area (Å²) in [5.41, 5.74) is -1.46. The molecule has 11 heteroatoms. The van der Waals surface area contributed by atoms with Crippen LogP contribution >= 0.6 is 0 Å². The number of aromatic hydroxyl groups is 1. The van der Waals surface area contributed by atoms with E-state index in [9.17, 15) is 22.7 Å². The third-order valence-electron chi connectivity index (χ3n) is 6.97. The van der Waals surface area contributed by atoms with Gasteiger partial charge in [-0.1, -0.05) is 12.8 Å². The second-order valence-electron chi connectivity index (χ2n) is 9.00. The Hall–Kier alpha value is -2.50. The summed E-state index contributed by atoms with van der Waals surface area (Å²) in [6, 6.07) is 0.831. The summed E-state index contributed by atoms with van der Waals surface area (Å²) >= 11 is 0. The van der Waals surface area contributed by atoms with Crippen molar-refractivity contribution in [3.05, 3.63) is 34.6 Å². The molecule has 2 N–H and O–H groups in total. The number of anilines is 1. The van der Waals surface area contributed by atoms with Crippen molar-refractivity contribution in [2.75, 3.05) is 25.6 Å². The zero-order chi connectivity index (χ0) is 24.1. The minimum atomic E-state index is -4.80. The molecule has 1 aliphatic carbocycles. The number of hydrogen-bond acceptors (Lipinski definition) is 7. The number of rotatable bonds is 4. The van der Waals surface area contributed by atoms with Crippen molar-refractivity contribution in [1.82, 2.24) is 10.2 Å². The molecular formula is C23H25F4N3O4. The van der Waals surface area contributed by atoms with E-state index in [4.69, 9.17) is 14.2 Å². The SMILES string of the molecule is CO[C@@H]1CCCC[C@H]1Nc1nnc(-c2c(O)cc(C(F)(F)F)cc2F)c2c1C1(CCOC1)OC2. The number of halogens is 4. The van der Waals surface area contributed by atoms with Crippen LogP contribution in [-0.2, 0) is 32.6 Å². The summed E-state index contributed by atoms with van der Waals surface area (Å²) in [5, 5.41) is 22.3. The van der Waals surface area contributed by atoms with Crippen LogP contribution < -0.4 is 5.32 Å². The maximum absolute atomic E-state index is 14.9. The minimum absolute atomic E-state index is 0.0135. The summed E-state index contributed by atoms with van der Waals surface area (Å²) in [6.45, 7) is 0.761. The van der Waals surface area contributed by atoms with E-state index in [2.05, 4.69) is 15.5 Å². The molecule has 1 unspecified atom stereocenters. The number of phenolic OH excluding ortho intramolecular Hbond substituents is 1. The number of nitrogens with zero attached hydrogens (tertiary/aromatic N) is 2. The predicted octanol–water partition coefficient (Wildman–Crippen LogP) is 4.52. The van der Waals surface area contributed by atoms with Gasteiger partial charge >= 0.3 is 6.18 Å². The van der Waals surface area contributed by atoms with Crippen LogP contribution in [0.5, 0.6) is 5.75 Å². The number of alkyl halides is 3. The smallest absolute Gasteiger partial charge is 0.416 e. The molecule has 5 rings (SSSR count). The van der Waals surface area contributed by atoms with Gasteiger partial charge in [0.2, 0.25) is 0 Å². The Morgan fingerprint density at radius 3 is 2.68 bits per heavy atom. The maximum atomic E-state index is 14.9. The lowest BCUT2D eigenvalue weighted by molar-refractivity contribution is -0.137. The molecular weight excluding hydrogens is 458 g/mol. The van der Waals surface area contributed by atoms with Crippen molar-refractivity contribution < 1.29 is 36.9 Å². The van der Waals surface area contributed by atoms with Gasteiger partial charge in [0.05, 0.1) is 36.5 Å². The zero-order valence-corrected chi connectivity index (χ0v) is 18.5. The Balaban J connectivity index is 1.62. The van der Waals surface area contributed by atoms with Crippen LogP contribution in [0, 0.1) is 5.82 Å². The Labute approximate surface area is 193 Å². The predicted molar refractivity (Wildman–Crippen MR) is 113 cm³/mol. The Bertz CT molecular complexity index is 1070. The highest BCUT2D eigenvalue weighted by Gasteiger charge is 2.48. The number of aromatic nitrogens is 2. The number of hydrogen-bond donors (Lipinski definition) is 2. The third-order valence-corrected chi connectivity index (χ3v) is 6.97. The van der Waals surface area contributed by atoms with E-state index in [-0.39, 0.29) is 31.1 Å². The second kappa shape index (κ2) is 8.62. The lowest BCUT2D eigenvalue weighted by Gasteiger charge is -2.33. The van der Waals surface area contributed by atoms with Crippen LogP contribution in [0.2, 0.25) is 0 Å². The molecule has 34 heavy (non-hydrogen) atoms. The van der Waals surface area contributed by atoms with E-state index in [1.54, 1.807) is 7.11 Å². The van der Waals surface area contributed by atoms with E-state index < -0.39 is 34.5 Å². The zero-order valence-electron chi connectivity index (χ0n) is 18.5. The molecule has 0 amide bonds. The fourth-order valence-corrected chi connectivity index (χ4v) is 5.25. The number of benzene rings is 1. The first-order valence-corrected chi connectivity index (χ1v) is 11.2. The largest absolute Gasteiger partial charge is 0.507 e. The number of ether oxygens (including phenoxy) is 3. The van der Waals surface area contributed by atoms with E-state index in [1.165, 1.54) is 0 Å². The van der Waals surface area contributed by atoms with Crippen LogP contribution in [0.4, 0.5) is 23.4 Å². The first-order chi connectivity index (χ1) is 16.2. The highest BCUT2D eigenvalue weighted by molar-refractivity contribution is 5.74. The average Bonchev–Trinajstić information content (AvgIpc) is 3.42. The van der Waals surface area contributed by atoms with Gasteiger partial charge in [-0.3, -0.25) is 0 Å². The van der Waals surface area contributed by atoms with Gasteiger partial charge in [-0.25, -0.2) is 4.39 Å². The van der Waals surface area contributed by atoms with Gasteiger partial charge in [0, 0.05) is 31.3 Å². The topological polar surface area (TPSA) is 85.7 Å². The summed E-state index contributed by atoms with van der Waals surface area (Å²) in [4.78, 5) is 0. The molecule has 7 nitrogen and oxygen atoms in total. The molecule has 1 saturated carbocycles. The van der Waals surface area contributed by atoms with Gasteiger partial charge in [0.15, 0.2) is 5.82 Å². The van der Waals surface area contributed by atoms with Crippen molar-refractivity contribution >= 4 is 5.82 Å². The molecule has 1 aromatic carbocycles. The van der Waals surface area contributed by atoms with Crippen molar-refractivity contribution in [3.63, 3.8) is 0 Å². The Morgan fingerprint density at radius 2 is 2.00 bits per heavy atom. The van der Waals surface area contributed by atoms with Crippen LogP contribution in [-0.4, -0.2) is 47.8 Å². The van der Waals surface area contributed by atoms with Crippen molar-refractivity contribution in [2.45, 2.75) is 62.6 Å². The molecule has 2 fully saturated rings. The van der Waals surface area contributed by atoms with Crippen LogP contribution in [0.3, 0.4) is 0 Å². The fraction of sp³-hybridized carbons (Fsp3) is 0.565. The number of phenols is 1. The lowest BCUT2D eigenvalue weighted by atomic mass is 9.88. The molecule has 184 valence electrons. The summed E-state index contributed by atoms with van der Waals surface area (Å²) in [7, 11) is 1.66. The lowest BCUT2D eigenvalue weighted by Crippen LogP contribution is -2.39.